The summed E-state index contributed by atoms with van der Waals surface area (Å²) in [5.74, 6) is -1.07. The van der Waals surface area contributed by atoms with E-state index in [1.165, 1.54) is 6.92 Å². The monoisotopic (exact) mass is 284 g/mol. The number of likely N-dealkylation sites (tertiary alicyclic amines) is 1. The molecule has 6 heteroatoms. The van der Waals surface area contributed by atoms with E-state index in [9.17, 15) is 19.8 Å². The van der Waals surface area contributed by atoms with Gasteiger partial charge in [0.1, 0.15) is 12.2 Å². The molecule has 4 unspecified atom stereocenters. The second-order valence-corrected chi connectivity index (χ2v) is 5.19. The Balaban J connectivity index is 2.95. The lowest BCUT2D eigenvalue weighted by Crippen LogP contribution is -2.57. The first-order chi connectivity index (χ1) is 9.40. The molecule has 20 heavy (non-hydrogen) atoms. The van der Waals surface area contributed by atoms with Crippen LogP contribution in [-0.4, -0.2) is 51.8 Å². The van der Waals surface area contributed by atoms with Crippen molar-refractivity contribution in [3.05, 3.63) is 12.2 Å². The van der Waals surface area contributed by atoms with Crippen molar-refractivity contribution >= 4 is 11.9 Å². The highest BCUT2D eigenvalue weighted by Crippen LogP contribution is 2.27. The first kappa shape index (κ1) is 16.7. The highest BCUT2D eigenvalue weighted by atomic mass is 16.4. The van der Waals surface area contributed by atoms with Crippen molar-refractivity contribution in [1.29, 1.82) is 0 Å². The van der Waals surface area contributed by atoms with E-state index in [0.29, 0.717) is 19.4 Å². The van der Waals surface area contributed by atoms with Crippen LogP contribution in [0.15, 0.2) is 12.2 Å². The van der Waals surface area contributed by atoms with Crippen molar-refractivity contribution in [3.63, 3.8) is 0 Å². The molecule has 0 aromatic carbocycles. The zero-order valence-corrected chi connectivity index (χ0v) is 12.2. The molecule has 0 aliphatic carbocycles. The molecule has 1 aliphatic rings. The van der Waals surface area contributed by atoms with Gasteiger partial charge < -0.3 is 15.5 Å². The Kier molecular flexibility index (Phi) is 6.16. The topological polar surface area (TPSA) is 89.9 Å². The third-order valence-electron chi connectivity index (χ3n) is 3.61. The largest absolute Gasteiger partial charge is 0.480 e. The Morgan fingerprint density at radius 2 is 2.15 bits per heavy atom. The Labute approximate surface area is 119 Å². The van der Waals surface area contributed by atoms with E-state index in [4.69, 9.17) is 0 Å². The molecule has 4 atom stereocenters. The van der Waals surface area contributed by atoms with Gasteiger partial charge in [-0.1, -0.05) is 19.1 Å². The van der Waals surface area contributed by atoms with Crippen LogP contribution >= 0.6 is 0 Å². The van der Waals surface area contributed by atoms with Gasteiger partial charge >= 0.3 is 5.97 Å². The molecular formula is C14H24N2O4. The van der Waals surface area contributed by atoms with Crippen LogP contribution in [0.4, 0.5) is 0 Å². The molecule has 3 N–H and O–H groups in total. The predicted octanol–water partition coefficient (Wildman–Crippen LogP) is 0.571. The molecule has 1 rings (SSSR count). The predicted molar refractivity (Wildman–Crippen MR) is 75.0 cm³/mol. The molecule has 0 spiro atoms. The minimum atomic E-state index is -0.921. The molecule has 114 valence electrons. The second-order valence-electron chi connectivity index (χ2n) is 5.19. The second kappa shape index (κ2) is 7.40. The van der Waals surface area contributed by atoms with Crippen molar-refractivity contribution in [1.82, 2.24) is 10.2 Å². The zero-order valence-electron chi connectivity index (χ0n) is 12.2. The number of hydrogen-bond donors (Lipinski definition) is 3. The fourth-order valence-corrected chi connectivity index (χ4v) is 2.69. The quantitative estimate of drug-likeness (QED) is 0.620. The lowest BCUT2D eigenvalue weighted by Gasteiger charge is -2.34. The number of aliphatic hydroxyl groups excluding tert-OH is 1. The average molecular weight is 284 g/mol. The van der Waals surface area contributed by atoms with Crippen molar-refractivity contribution in [2.45, 2.75) is 51.9 Å². The van der Waals surface area contributed by atoms with Crippen LogP contribution < -0.4 is 5.32 Å². The van der Waals surface area contributed by atoms with Gasteiger partial charge in [-0.2, -0.15) is 0 Å². The van der Waals surface area contributed by atoms with Crippen LogP contribution in [0.2, 0.25) is 0 Å². The van der Waals surface area contributed by atoms with Crippen molar-refractivity contribution in [2.24, 2.45) is 5.92 Å². The van der Waals surface area contributed by atoms with Crippen LogP contribution in [0.3, 0.4) is 0 Å². The summed E-state index contributed by atoms with van der Waals surface area (Å²) < 4.78 is 0. The summed E-state index contributed by atoms with van der Waals surface area (Å²) in [5, 5.41) is 22.1. The smallest absolute Gasteiger partial charge is 0.321 e. The van der Waals surface area contributed by atoms with Gasteiger partial charge in [0, 0.05) is 13.5 Å². The average Bonchev–Trinajstić information content (AvgIpc) is 2.79. The summed E-state index contributed by atoms with van der Waals surface area (Å²) in [5.41, 5.74) is 0. The first-order valence-electron chi connectivity index (χ1n) is 6.97. The molecule has 1 fully saturated rings. The number of nitrogens with zero attached hydrogens (tertiary/aromatic N) is 1. The molecule has 1 saturated heterocycles. The van der Waals surface area contributed by atoms with Crippen molar-refractivity contribution in [2.75, 3.05) is 6.54 Å². The minimum absolute atomic E-state index is 0.126. The number of carboxylic acids is 1. The summed E-state index contributed by atoms with van der Waals surface area (Å²) in [7, 11) is 0. The van der Waals surface area contributed by atoms with Gasteiger partial charge in [0.15, 0.2) is 0 Å². The summed E-state index contributed by atoms with van der Waals surface area (Å²) in [6.07, 6.45) is 3.36. The lowest BCUT2D eigenvalue weighted by atomic mass is 10.1. The summed E-state index contributed by atoms with van der Waals surface area (Å²) in [6, 6.07) is -0.686. The fourth-order valence-electron chi connectivity index (χ4n) is 2.69. The molecule has 6 nitrogen and oxygen atoms in total. The number of rotatable bonds is 6. The van der Waals surface area contributed by atoms with Crippen molar-refractivity contribution in [3.8, 4) is 0 Å². The molecular weight excluding hydrogens is 260 g/mol. The Hall–Kier alpha value is -1.40. The summed E-state index contributed by atoms with van der Waals surface area (Å²) in [6.45, 7) is 5.58. The molecule has 0 aromatic heterocycles. The van der Waals surface area contributed by atoms with Crippen LogP contribution in [0, 0.1) is 5.92 Å². The number of aliphatic carboxylic acids is 1. The van der Waals surface area contributed by atoms with Gasteiger partial charge in [0.2, 0.25) is 5.91 Å². The van der Waals surface area contributed by atoms with E-state index in [1.54, 1.807) is 11.8 Å². The lowest BCUT2D eigenvalue weighted by molar-refractivity contribution is -0.145. The molecule has 1 amide bonds. The SMILES string of the molecule is C/C=C\C1CC(C(=O)O)N(C(NC(C)=O)C(O)CC)C1. The maximum absolute atomic E-state index is 11.4. The van der Waals surface area contributed by atoms with Crippen molar-refractivity contribution < 1.29 is 19.8 Å². The molecule has 1 heterocycles. The number of amides is 1. The van der Waals surface area contributed by atoms with Crippen LogP contribution in [-0.2, 0) is 9.59 Å². The molecule has 1 aliphatic heterocycles. The molecule has 0 bridgehead atoms. The maximum atomic E-state index is 11.4. The highest BCUT2D eigenvalue weighted by Gasteiger charge is 2.41. The normalized spacial score (nSPS) is 26.6. The third-order valence-corrected chi connectivity index (χ3v) is 3.61. The molecule has 0 radical (unpaired) electrons. The Morgan fingerprint density at radius 3 is 2.60 bits per heavy atom. The van der Waals surface area contributed by atoms with Crippen LogP contribution in [0.5, 0.6) is 0 Å². The van der Waals surface area contributed by atoms with Crippen LogP contribution in [0.25, 0.3) is 0 Å². The number of carbonyl (C=O) groups is 2. The molecule has 0 aromatic rings. The number of carboxylic acid groups (broad SMARTS) is 1. The van der Waals surface area contributed by atoms with Gasteiger partial charge in [-0.15, -0.1) is 0 Å². The maximum Gasteiger partial charge on any atom is 0.321 e. The Morgan fingerprint density at radius 1 is 1.50 bits per heavy atom. The van der Waals surface area contributed by atoms with E-state index in [-0.39, 0.29) is 11.8 Å². The summed E-state index contributed by atoms with van der Waals surface area (Å²) in [4.78, 5) is 24.4. The minimum Gasteiger partial charge on any atom is -0.480 e. The van der Waals surface area contributed by atoms with E-state index in [2.05, 4.69) is 5.32 Å². The standard InChI is InChI=1S/C14H24N2O4/c1-4-6-10-7-11(14(19)20)16(8-10)13(12(18)5-2)15-9(3)17/h4,6,10-13,18H,5,7-8H2,1-3H3,(H,15,17)(H,19,20)/b6-4-. The molecule has 0 saturated carbocycles. The fraction of sp³-hybridized carbons (Fsp3) is 0.714. The summed E-state index contributed by atoms with van der Waals surface area (Å²) >= 11 is 0. The first-order valence-corrected chi connectivity index (χ1v) is 6.97. The van der Waals surface area contributed by atoms with E-state index < -0.39 is 24.3 Å². The van der Waals surface area contributed by atoms with Gasteiger partial charge in [0.05, 0.1) is 6.10 Å². The number of carbonyl (C=O) groups excluding carboxylic acids is 1. The van der Waals surface area contributed by atoms with Gasteiger partial charge in [-0.05, 0) is 25.7 Å². The van der Waals surface area contributed by atoms with E-state index in [1.807, 2.05) is 19.1 Å². The number of nitrogens with one attached hydrogen (secondary N) is 1. The van der Waals surface area contributed by atoms with Gasteiger partial charge in [-0.3, -0.25) is 14.5 Å². The van der Waals surface area contributed by atoms with Crippen LogP contribution in [0.1, 0.15) is 33.6 Å². The van der Waals surface area contributed by atoms with E-state index >= 15 is 0 Å². The van der Waals surface area contributed by atoms with Gasteiger partial charge in [0.25, 0.3) is 0 Å². The number of allylic oxidation sites excluding steroid dienone is 1. The number of aliphatic hydroxyl groups is 1. The zero-order chi connectivity index (χ0) is 15.3. The highest BCUT2D eigenvalue weighted by molar-refractivity contribution is 5.75. The number of hydrogen-bond acceptors (Lipinski definition) is 4. The van der Waals surface area contributed by atoms with E-state index in [0.717, 1.165) is 0 Å². The Bertz CT molecular complexity index is 383. The third kappa shape index (κ3) is 4.05. The van der Waals surface area contributed by atoms with Gasteiger partial charge in [-0.25, -0.2) is 0 Å².